The van der Waals surface area contributed by atoms with Gasteiger partial charge in [0.2, 0.25) is 0 Å². The fourth-order valence-electron chi connectivity index (χ4n) is 1.95. The van der Waals surface area contributed by atoms with Crippen molar-refractivity contribution < 1.29 is 14.6 Å². The molecule has 1 amide bonds. The Hall–Kier alpha value is -1.83. The van der Waals surface area contributed by atoms with E-state index in [1.165, 1.54) is 0 Å². The van der Waals surface area contributed by atoms with Crippen LogP contribution in [-0.4, -0.2) is 30.3 Å². The zero-order valence-electron chi connectivity index (χ0n) is 10.7. The summed E-state index contributed by atoms with van der Waals surface area (Å²) in [5, 5.41) is 11.4. The van der Waals surface area contributed by atoms with E-state index in [9.17, 15) is 4.79 Å². The molecule has 1 aliphatic rings. The molecule has 2 N–H and O–H groups in total. The highest BCUT2D eigenvalue weighted by atomic mass is 16.5. The molecule has 2 rings (SSSR count). The van der Waals surface area contributed by atoms with Gasteiger partial charge in [-0.15, -0.1) is 0 Å². The van der Waals surface area contributed by atoms with Gasteiger partial charge in [-0.2, -0.15) is 0 Å². The first-order valence-electron chi connectivity index (χ1n) is 6.42. The lowest BCUT2D eigenvalue weighted by Crippen LogP contribution is -2.33. The summed E-state index contributed by atoms with van der Waals surface area (Å²) in [7, 11) is 0. The van der Waals surface area contributed by atoms with Gasteiger partial charge in [-0.3, -0.25) is 4.79 Å². The quantitative estimate of drug-likeness (QED) is 0.792. The van der Waals surface area contributed by atoms with Crippen LogP contribution in [0.4, 0.5) is 5.69 Å². The summed E-state index contributed by atoms with van der Waals surface area (Å²) in [6, 6.07) is 7.20. The molecule has 1 unspecified atom stereocenters. The average molecular weight is 259 g/mol. The molecule has 19 heavy (non-hydrogen) atoms. The van der Waals surface area contributed by atoms with E-state index >= 15 is 0 Å². The highest BCUT2D eigenvalue weighted by Crippen LogP contribution is 2.15. The van der Waals surface area contributed by atoms with Gasteiger partial charge >= 0.3 is 0 Å². The molecule has 0 spiro atoms. The van der Waals surface area contributed by atoms with Gasteiger partial charge < -0.3 is 15.2 Å². The highest BCUT2D eigenvalue weighted by molar-refractivity contribution is 5.94. The Balaban J connectivity index is 1.93. The van der Waals surface area contributed by atoms with Gasteiger partial charge in [0.05, 0.1) is 0 Å². The summed E-state index contributed by atoms with van der Waals surface area (Å²) in [5.41, 5.74) is 1.54. The van der Waals surface area contributed by atoms with Crippen LogP contribution in [0.1, 0.15) is 24.8 Å². The summed E-state index contributed by atoms with van der Waals surface area (Å²) in [6.07, 6.45) is 2.52. The van der Waals surface area contributed by atoms with Crippen molar-refractivity contribution in [2.24, 2.45) is 0 Å². The van der Waals surface area contributed by atoms with Crippen LogP contribution in [0.2, 0.25) is 0 Å². The Morgan fingerprint density at radius 2 is 2.16 bits per heavy atom. The number of hydrogen-bond acceptors (Lipinski definition) is 3. The summed E-state index contributed by atoms with van der Waals surface area (Å²) < 4.78 is 5.43. The van der Waals surface area contributed by atoms with Gasteiger partial charge in [-0.1, -0.05) is 11.8 Å². The van der Waals surface area contributed by atoms with Crippen LogP contribution >= 0.6 is 0 Å². The molecule has 0 aromatic heterocycles. The Morgan fingerprint density at radius 3 is 2.79 bits per heavy atom. The third kappa shape index (κ3) is 4.09. The number of carbonyl (C=O) groups is 1. The lowest BCUT2D eigenvalue weighted by atomic mass is 10.1. The first-order chi connectivity index (χ1) is 9.29. The maximum atomic E-state index is 11.9. The number of anilines is 1. The van der Waals surface area contributed by atoms with Gasteiger partial charge in [-0.25, -0.2) is 0 Å². The minimum absolute atomic E-state index is 0.0890. The molecular formula is C15H17NO3. The third-order valence-electron chi connectivity index (χ3n) is 2.94. The van der Waals surface area contributed by atoms with E-state index in [4.69, 9.17) is 9.84 Å². The van der Waals surface area contributed by atoms with Gasteiger partial charge in [0.15, 0.2) is 0 Å². The van der Waals surface area contributed by atoms with Crippen LogP contribution in [0.3, 0.4) is 0 Å². The molecule has 0 bridgehead atoms. The molecular weight excluding hydrogens is 242 g/mol. The van der Waals surface area contributed by atoms with Crippen molar-refractivity contribution in [3.63, 3.8) is 0 Å². The van der Waals surface area contributed by atoms with E-state index in [2.05, 4.69) is 17.2 Å². The van der Waals surface area contributed by atoms with Gasteiger partial charge in [0, 0.05) is 17.9 Å². The SMILES string of the molecule is O=C(Nc1ccc(C#CCO)cc1)C1CCCCO1. The predicted octanol–water partition coefficient (Wildman–Crippen LogP) is 1.54. The minimum atomic E-state index is -0.331. The second-order valence-electron chi connectivity index (χ2n) is 4.38. The highest BCUT2D eigenvalue weighted by Gasteiger charge is 2.21. The smallest absolute Gasteiger partial charge is 0.253 e. The van der Waals surface area contributed by atoms with Gasteiger partial charge in [0.25, 0.3) is 5.91 Å². The molecule has 4 heteroatoms. The summed E-state index contributed by atoms with van der Waals surface area (Å²) in [4.78, 5) is 11.9. The number of ether oxygens (including phenoxy) is 1. The van der Waals surface area contributed by atoms with Gasteiger partial charge in [0.1, 0.15) is 12.7 Å². The van der Waals surface area contributed by atoms with Gasteiger partial charge in [-0.05, 0) is 43.5 Å². The van der Waals surface area contributed by atoms with Crippen LogP contribution in [0.25, 0.3) is 0 Å². The second-order valence-corrected chi connectivity index (χ2v) is 4.38. The van der Waals surface area contributed by atoms with E-state index in [1.807, 2.05) is 0 Å². The fourth-order valence-corrected chi connectivity index (χ4v) is 1.95. The van der Waals surface area contributed by atoms with Crippen molar-refractivity contribution >= 4 is 11.6 Å². The van der Waals surface area contributed by atoms with Crippen LogP contribution in [0.5, 0.6) is 0 Å². The van der Waals surface area contributed by atoms with Crippen molar-refractivity contribution in [2.75, 3.05) is 18.5 Å². The molecule has 1 aromatic rings. The maximum Gasteiger partial charge on any atom is 0.253 e. The normalized spacial score (nSPS) is 18.3. The standard InChI is InChI=1S/C15H17NO3/c17-10-3-4-12-6-8-13(9-7-12)16-15(18)14-5-1-2-11-19-14/h6-9,14,17H,1-2,5,10-11H2,(H,16,18). The monoisotopic (exact) mass is 259 g/mol. The van der Waals surface area contributed by atoms with Crippen molar-refractivity contribution in [2.45, 2.75) is 25.4 Å². The molecule has 4 nitrogen and oxygen atoms in total. The number of carbonyl (C=O) groups excluding carboxylic acids is 1. The zero-order valence-corrected chi connectivity index (χ0v) is 10.7. The Bertz CT molecular complexity index is 478. The lowest BCUT2D eigenvalue weighted by Gasteiger charge is -2.21. The van der Waals surface area contributed by atoms with Crippen LogP contribution < -0.4 is 5.32 Å². The predicted molar refractivity (Wildman–Crippen MR) is 72.6 cm³/mol. The molecule has 1 heterocycles. The van der Waals surface area contributed by atoms with Crippen molar-refractivity contribution in [1.82, 2.24) is 0 Å². The second kappa shape index (κ2) is 6.93. The number of benzene rings is 1. The van der Waals surface area contributed by atoms with Crippen LogP contribution in [-0.2, 0) is 9.53 Å². The summed E-state index contributed by atoms with van der Waals surface area (Å²) in [5.74, 6) is 5.29. The average Bonchev–Trinajstić information content (AvgIpc) is 2.47. The first kappa shape index (κ1) is 13.6. The van der Waals surface area contributed by atoms with Crippen molar-refractivity contribution in [3.05, 3.63) is 29.8 Å². The van der Waals surface area contributed by atoms with E-state index in [0.717, 1.165) is 30.5 Å². The largest absolute Gasteiger partial charge is 0.384 e. The topological polar surface area (TPSA) is 58.6 Å². The van der Waals surface area contributed by atoms with Crippen molar-refractivity contribution in [3.8, 4) is 11.8 Å². The number of amides is 1. The molecule has 1 saturated heterocycles. The van der Waals surface area contributed by atoms with Crippen molar-refractivity contribution in [1.29, 1.82) is 0 Å². The number of aliphatic hydroxyl groups is 1. The number of aliphatic hydroxyl groups excluding tert-OH is 1. The Morgan fingerprint density at radius 1 is 1.37 bits per heavy atom. The fraction of sp³-hybridized carbons (Fsp3) is 0.400. The third-order valence-corrected chi connectivity index (χ3v) is 2.94. The number of hydrogen-bond donors (Lipinski definition) is 2. The van der Waals surface area contributed by atoms with E-state index in [0.29, 0.717) is 6.61 Å². The maximum absolute atomic E-state index is 11.9. The molecule has 0 radical (unpaired) electrons. The Labute approximate surface area is 112 Å². The minimum Gasteiger partial charge on any atom is -0.384 e. The van der Waals surface area contributed by atoms with E-state index in [-0.39, 0.29) is 18.6 Å². The molecule has 1 atom stereocenters. The van der Waals surface area contributed by atoms with Crippen LogP contribution in [0, 0.1) is 11.8 Å². The van der Waals surface area contributed by atoms with Crippen LogP contribution in [0.15, 0.2) is 24.3 Å². The molecule has 1 aromatic carbocycles. The molecule has 0 aliphatic carbocycles. The Kier molecular flexibility index (Phi) is 4.96. The van der Waals surface area contributed by atoms with E-state index < -0.39 is 0 Å². The molecule has 1 aliphatic heterocycles. The molecule has 100 valence electrons. The number of rotatable bonds is 2. The zero-order chi connectivity index (χ0) is 13.5. The summed E-state index contributed by atoms with van der Waals surface area (Å²) in [6.45, 7) is 0.505. The van der Waals surface area contributed by atoms with E-state index in [1.54, 1.807) is 24.3 Å². The molecule has 1 fully saturated rings. The first-order valence-corrected chi connectivity index (χ1v) is 6.42. The summed E-state index contributed by atoms with van der Waals surface area (Å²) >= 11 is 0. The molecule has 0 saturated carbocycles. The lowest BCUT2D eigenvalue weighted by molar-refractivity contribution is -0.129. The number of nitrogens with one attached hydrogen (secondary N) is 1.